The lowest BCUT2D eigenvalue weighted by Gasteiger charge is -2.09. The van der Waals surface area contributed by atoms with Gasteiger partial charge in [-0.25, -0.2) is 9.98 Å². The van der Waals surface area contributed by atoms with Crippen molar-refractivity contribution >= 4 is 35.6 Å². The molecule has 0 bridgehead atoms. The summed E-state index contributed by atoms with van der Waals surface area (Å²) >= 11 is 0. The van der Waals surface area contributed by atoms with Crippen molar-refractivity contribution in [2.24, 2.45) is 10.7 Å². The molecule has 1 heterocycles. The number of para-hydroxylation sites is 1. The highest BCUT2D eigenvalue weighted by Crippen LogP contribution is 2.23. The van der Waals surface area contributed by atoms with Crippen LogP contribution in [0, 0.1) is 0 Å². The van der Waals surface area contributed by atoms with Crippen LogP contribution in [0.25, 0.3) is 0 Å². The maximum atomic E-state index is 6.06. The zero-order chi connectivity index (χ0) is 20.6. The number of nitrogens with one attached hydrogen (secondary N) is 1. The lowest BCUT2D eigenvalue weighted by molar-refractivity contribution is 0.483. The van der Waals surface area contributed by atoms with Crippen molar-refractivity contribution in [1.29, 1.82) is 0 Å². The summed E-state index contributed by atoms with van der Waals surface area (Å²) < 4.78 is 7.88. The number of hydrogen-bond donors (Lipinski definition) is 2. The summed E-state index contributed by atoms with van der Waals surface area (Å²) in [4.78, 5) is 8.50. The number of aromatic nitrogens is 2. The number of rotatable bonds is 7. The number of hydrogen-bond acceptors (Lipinski definition) is 3. The van der Waals surface area contributed by atoms with Gasteiger partial charge >= 0.3 is 0 Å². The summed E-state index contributed by atoms with van der Waals surface area (Å²) in [6.45, 7) is 1.30. The summed E-state index contributed by atoms with van der Waals surface area (Å²) in [6, 6.07) is 25.6. The van der Waals surface area contributed by atoms with Crippen LogP contribution in [-0.2, 0) is 13.1 Å². The van der Waals surface area contributed by atoms with Crippen LogP contribution in [-0.4, -0.2) is 15.5 Å². The Morgan fingerprint density at radius 2 is 1.68 bits per heavy atom. The van der Waals surface area contributed by atoms with E-state index in [0.29, 0.717) is 12.5 Å². The molecule has 0 aliphatic heterocycles. The van der Waals surface area contributed by atoms with Crippen LogP contribution in [0.2, 0.25) is 0 Å². The molecule has 0 amide bonds. The molecular formula is C24H24IN5O. The van der Waals surface area contributed by atoms with E-state index in [9.17, 15) is 0 Å². The van der Waals surface area contributed by atoms with Crippen molar-refractivity contribution in [3.05, 3.63) is 109 Å². The molecule has 4 rings (SSSR count). The average molecular weight is 525 g/mol. The number of guanidine groups is 1. The molecular weight excluding hydrogens is 501 g/mol. The van der Waals surface area contributed by atoms with Gasteiger partial charge in [-0.05, 0) is 35.4 Å². The fourth-order valence-corrected chi connectivity index (χ4v) is 2.97. The fraction of sp³-hybridized carbons (Fsp3) is 0.0833. The Kier molecular flexibility index (Phi) is 8.05. The second-order valence-electron chi connectivity index (χ2n) is 6.82. The highest BCUT2D eigenvalue weighted by Gasteiger charge is 2.01. The van der Waals surface area contributed by atoms with Gasteiger partial charge in [0.2, 0.25) is 0 Å². The molecule has 158 valence electrons. The maximum absolute atomic E-state index is 6.06. The summed E-state index contributed by atoms with van der Waals surface area (Å²) in [5, 5.41) is 3.12. The third-order valence-electron chi connectivity index (χ3n) is 4.46. The van der Waals surface area contributed by atoms with Gasteiger partial charge in [0, 0.05) is 30.7 Å². The van der Waals surface area contributed by atoms with E-state index in [1.807, 2.05) is 71.7 Å². The first-order valence-electron chi connectivity index (χ1n) is 9.68. The quantitative estimate of drug-likeness (QED) is 0.196. The van der Waals surface area contributed by atoms with E-state index in [-0.39, 0.29) is 24.0 Å². The number of ether oxygens (including phenoxy) is 1. The van der Waals surface area contributed by atoms with Gasteiger partial charge in [-0.1, -0.05) is 48.5 Å². The minimum Gasteiger partial charge on any atom is -0.457 e. The number of nitrogens with two attached hydrogens (primary N) is 1. The summed E-state index contributed by atoms with van der Waals surface area (Å²) in [5.41, 5.74) is 9.19. The number of imidazole rings is 1. The Bertz CT molecular complexity index is 1100. The van der Waals surface area contributed by atoms with Crippen molar-refractivity contribution in [3.8, 4) is 11.5 Å². The molecule has 31 heavy (non-hydrogen) atoms. The van der Waals surface area contributed by atoms with Crippen molar-refractivity contribution in [2.75, 3.05) is 5.32 Å². The third kappa shape index (κ3) is 6.85. The topological polar surface area (TPSA) is 77.5 Å². The van der Waals surface area contributed by atoms with Gasteiger partial charge in [-0.3, -0.25) is 0 Å². The summed E-state index contributed by atoms with van der Waals surface area (Å²) in [7, 11) is 0. The van der Waals surface area contributed by atoms with E-state index in [0.717, 1.165) is 29.3 Å². The molecule has 3 N–H and O–H groups in total. The Balaban J connectivity index is 0.00000272. The monoisotopic (exact) mass is 525 g/mol. The predicted molar refractivity (Wildman–Crippen MR) is 135 cm³/mol. The molecule has 0 fully saturated rings. The summed E-state index contributed by atoms with van der Waals surface area (Å²) in [6.07, 6.45) is 5.54. The van der Waals surface area contributed by atoms with E-state index in [2.05, 4.69) is 39.6 Å². The first kappa shape index (κ1) is 22.4. The second-order valence-corrected chi connectivity index (χ2v) is 6.82. The Morgan fingerprint density at radius 3 is 2.42 bits per heavy atom. The zero-order valence-corrected chi connectivity index (χ0v) is 19.2. The number of halogens is 1. The van der Waals surface area contributed by atoms with Gasteiger partial charge in [0.25, 0.3) is 0 Å². The zero-order valence-electron chi connectivity index (χ0n) is 16.9. The SMILES string of the molecule is I.NC(=NCc1ccc(Cn2ccnc2)cc1)Nc1cccc(Oc2ccccc2)c1. The van der Waals surface area contributed by atoms with E-state index in [1.165, 1.54) is 5.56 Å². The molecule has 3 aromatic carbocycles. The minimum atomic E-state index is 0. The molecule has 6 nitrogen and oxygen atoms in total. The van der Waals surface area contributed by atoms with Crippen LogP contribution in [0.5, 0.6) is 11.5 Å². The highest BCUT2D eigenvalue weighted by atomic mass is 127. The molecule has 0 spiro atoms. The second kappa shape index (κ2) is 11.2. The summed E-state index contributed by atoms with van der Waals surface area (Å²) in [5.74, 6) is 1.87. The molecule has 0 saturated carbocycles. The van der Waals surface area contributed by atoms with Crippen LogP contribution < -0.4 is 15.8 Å². The molecule has 1 aromatic heterocycles. The average Bonchev–Trinajstić information content (AvgIpc) is 3.27. The van der Waals surface area contributed by atoms with Gasteiger partial charge in [0.1, 0.15) is 11.5 Å². The van der Waals surface area contributed by atoms with Crippen LogP contribution in [0.4, 0.5) is 5.69 Å². The standard InChI is InChI=1S/C24H23N5O.HI/c25-24(27-16-19-9-11-20(12-10-19)17-29-14-13-26-18-29)28-21-5-4-8-23(15-21)30-22-6-2-1-3-7-22;/h1-15,18H,16-17H2,(H3,25,27,28);1H. The van der Waals surface area contributed by atoms with E-state index in [4.69, 9.17) is 10.5 Å². The Labute approximate surface area is 198 Å². The maximum Gasteiger partial charge on any atom is 0.193 e. The molecule has 7 heteroatoms. The van der Waals surface area contributed by atoms with Gasteiger partial charge < -0.3 is 20.4 Å². The van der Waals surface area contributed by atoms with E-state index < -0.39 is 0 Å². The van der Waals surface area contributed by atoms with E-state index in [1.54, 1.807) is 6.20 Å². The van der Waals surface area contributed by atoms with Crippen LogP contribution in [0.3, 0.4) is 0 Å². The predicted octanol–water partition coefficient (Wildman–Crippen LogP) is 5.27. The van der Waals surface area contributed by atoms with Crippen molar-refractivity contribution < 1.29 is 4.74 Å². The first-order valence-corrected chi connectivity index (χ1v) is 9.68. The van der Waals surface area contributed by atoms with Crippen LogP contribution in [0.1, 0.15) is 11.1 Å². The molecule has 0 atom stereocenters. The molecule has 0 unspecified atom stereocenters. The number of anilines is 1. The normalized spacial score (nSPS) is 10.9. The first-order chi connectivity index (χ1) is 14.7. The van der Waals surface area contributed by atoms with E-state index >= 15 is 0 Å². The van der Waals surface area contributed by atoms with Gasteiger partial charge in [-0.2, -0.15) is 0 Å². The van der Waals surface area contributed by atoms with Gasteiger partial charge in [-0.15, -0.1) is 24.0 Å². The van der Waals surface area contributed by atoms with Crippen molar-refractivity contribution in [1.82, 2.24) is 9.55 Å². The van der Waals surface area contributed by atoms with Gasteiger partial charge in [0.05, 0.1) is 12.9 Å². The van der Waals surface area contributed by atoms with Crippen molar-refractivity contribution in [2.45, 2.75) is 13.1 Å². The number of benzene rings is 3. The molecule has 0 radical (unpaired) electrons. The molecule has 0 aliphatic carbocycles. The minimum absolute atomic E-state index is 0. The lowest BCUT2D eigenvalue weighted by atomic mass is 10.1. The highest BCUT2D eigenvalue weighted by molar-refractivity contribution is 14.0. The largest absolute Gasteiger partial charge is 0.457 e. The number of nitrogens with zero attached hydrogens (tertiary/aromatic N) is 3. The molecule has 0 saturated heterocycles. The van der Waals surface area contributed by atoms with Crippen LogP contribution in [0.15, 0.2) is 103 Å². The fourth-order valence-electron chi connectivity index (χ4n) is 2.97. The molecule has 0 aliphatic rings. The van der Waals surface area contributed by atoms with Crippen molar-refractivity contribution in [3.63, 3.8) is 0 Å². The Hall–Kier alpha value is -3.33. The molecule has 4 aromatic rings. The third-order valence-corrected chi connectivity index (χ3v) is 4.46. The van der Waals surface area contributed by atoms with Crippen LogP contribution >= 0.6 is 24.0 Å². The van der Waals surface area contributed by atoms with Gasteiger partial charge in [0.15, 0.2) is 5.96 Å². The number of aliphatic imine (C=N–C) groups is 1. The Morgan fingerprint density at radius 1 is 0.935 bits per heavy atom. The lowest BCUT2D eigenvalue weighted by Crippen LogP contribution is -2.22. The smallest absolute Gasteiger partial charge is 0.193 e.